The summed E-state index contributed by atoms with van der Waals surface area (Å²) in [5.74, 6) is -1.23. The van der Waals surface area contributed by atoms with Crippen LogP contribution in [0.3, 0.4) is 0 Å². The standard InChI is InChI=1S/C13H19BO4/c1-12(2)13(3,4)18-14(17-12)10-7-5-9(6-8-10)11(15)16/h5,7-9H,6H2,1-4H3,(H,15,16). The Balaban J connectivity index is 2.09. The molecule has 1 saturated heterocycles. The van der Waals surface area contributed by atoms with Crippen LogP contribution in [0.25, 0.3) is 0 Å². The van der Waals surface area contributed by atoms with Gasteiger partial charge >= 0.3 is 13.1 Å². The SMILES string of the molecule is CC1(C)OB(C2=CCC(C(=O)O)C=C2)OC1(C)C. The molecule has 1 atom stereocenters. The van der Waals surface area contributed by atoms with E-state index in [-0.39, 0.29) is 11.2 Å². The van der Waals surface area contributed by atoms with Gasteiger partial charge in [-0.1, -0.05) is 18.2 Å². The number of carboxylic acid groups (broad SMARTS) is 1. The van der Waals surface area contributed by atoms with Crippen LogP contribution in [0.4, 0.5) is 0 Å². The van der Waals surface area contributed by atoms with E-state index in [4.69, 9.17) is 14.4 Å². The van der Waals surface area contributed by atoms with Crippen molar-refractivity contribution in [2.24, 2.45) is 5.92 Å². The number of aliphatic carboxylic acids is 1. The zero-order valence-corrected chi connectivity index (χ0v) is 11.3. The first kappa shape index (κ1) is 13.4. The van der Waals surface area contributed by atoms with Crippen LogP contribution in [0, 0.1) is 5.92 Å². The highest BCUT2D eigenvalue weighted by Crippen LogP contribution is 2.39. The lowest BCUT2D eigenvalue weighted by molar-refractivity contribution is -0.139. The molecule has 1 unspecified atom stereocenters. The number of carboxylic acids is 1. The minimum atomic E-state index is -0.796. The first-order valence-electron chi connectivity index (χ1n) is 6.20. The largest absolute Gasteiger partial charge is 0.494 e. The van der Waals surface area contributed by atoms with Gasteiger partial charge in [0.25, 0.3) is 0 Å². The highest BCUT2D eigenvalue weighted by Gasteiger charge is 2.52. The molecule has 5 heteroatoms. The number of carbonyl (C=O) groups is 1. The fraction of sp³-hybridized carbons (Fsp3) is 0.615. The minimum Gasteiger partial charge on any atom is -0.481 e. The van der Waals surface area contributed by atoms with Crippen molar-refractivity contribution < 1.29 is 19.2 Å². The summed E-state index contributed by atoms with van der Waals surface area (Å²) < 4.78 is 11.8. The second-order valence-electron chi connectivity index (χ2n) is 5.83. The van der Waals surface area contributed by atoms with Crippen LogP contribution in [0.1, 0.15) is 34.1 Å². The molecule has 0 saturated carbocycles. The van der Waals surface area contributed by atoms with E-state index in [1.54, 1.807) is 12.2 Å². The van der Waals surface area contributed by atoms with Crippen LogP contribution in [0.2, 0.25) is 0 Å². The van der Waals surface area contributed by atoms with Crippen LogP contribution in [0.15, 0.2) is 23.7 Å². The molecule has 0 radical (unpaired) electrons. The molecule has 18 heavy (non-hydrogen) atoms. The van der Waals surface area contributed by atoms with Gasteiger partial charge in [0.2, 0.25) is 0 Å². The van der Waals surface area contributed by atoms with E-state index >= 15 is 0 Å². The fourth-order valence-electron chi connectivity index (χ4n) is 1.97. The van der Waals surface area contributed by atoms with E-state index in [1.165, 1.54) is 0 Å². The van der Waals surface area contributed by atoms with Crippen molar-refractivity contribution in [3.05, 3.63) is 23.7 Å². The van der Waals surface area contributed by atoms with Gasteiger partial charge < -0.3 is 14.4 Å². The third kappa shape index (κ3) is 2.25. The average molecular weight is 250 g/mol. The van der Waals surface area contributed by atoms with E-state index in [9.17, 15) is 4.79 Å². The van der Waals surface area contributed by atoms with Crippen LogP contribution in [-0.2, 0) is 14.1 Å². The summed E-state index contributed by atoms with van der Waals surface area (Å²) in [4.78, 5) is 10.8. The Labute approximate surface area is 108 Å². The second kappa shape index (κ2) is 4.25. The van der Waals surface area contributed by atoms with E-state index in [2.05, 4.69) is 0 Å². The molecule has 98 valence electrons. The van der Waals surface area contributed by atoms with E-state index < -0.39 is 19.0 Å². The maximum atomic E-state index is 10.8. The van der Waals surface area contributed by atoms with Crippen molar-refractivity contribution in [2.45, 2.75) is 45.3 Å². The highest BCUT2D eigenvalue weighted by molar-refractivity contribution is 6.55. The van der Waals surface area contributed by atoms with Crippen LogP contribution in [-0.4, -0.2) is 29.4 Å². The Bertz CT molecular complexity index is 407. The predicted octanol–water partition coefficient (Wildman–Crippen LogP) is 2.20. The molecule has 0 spiro atoms. The predicted molar refractivity (Wildman–Crippen MR) is 69.0 cm³/mol. The molecule has 0 bridgehead atoms. The zero-order chi connectivity index (χ0) is 13.6. The molecule has 1 aliphatic carbocycles. The van der Waals surface area contributed by atoms with E-state index in [0.29, 0.717) is 6.42 Å². The molecule has 1 N–H and O–H groups in total. The summed E-state index contributed by atoms with van der Waals surface area (Å²) in [5, 5.41) is 8.91. The first-order valence-corrected chi connectivity index (χ1v) is 6.20. The van der Waals surface area contributed by atoms with Gasteiger partial charge in [0.1, 0.15) is 0 Å². The maximum absolute atomic E-state index is 10.8. The summed E-state index contributed by atoms with van der Waals surface area (Å²) in [6, 6.07) is 0. The van der Waals surface area contributed by atoms with Crippen molar-refractivity contribution in [3.63, 3.8) is 0 Å². The average Bonchev–Trinajstić information content (AvgIpc) is 2.48. The van der Waals surface area contributed by atoms with E-state index in [0.717, 1.165) is 5.47 Å². The Morgan fingerprint density at radius 1 is 1.33 bits per heavy atom. The van der Waals surface area contributed by atoms with Crippen molar-refractivity contribution in [1.82, 2.24) is 0 Å². The van der Waals surface area contributed by atoms with Crippen LogP contribution < -0.4 is 0 Å². The second-order valence-corrected chi connectivity index (χ2v) is 5.83. The number of hydrogen-bond donors (Lipinski definition) is 1. The number of allylic oxidation sites excluding steroid dienone is 3. The molecule has 2 rings (SSSR count). The fourth-order valence-corrected chi connectivity index (χ4v) is 1.97. The first-order chi connectivity index (χ1) is 8.23. The summed E-state index contributed by atoms with van der Waals surface area (Å²) in [5.41, 5.74) is 0.178. The zero-order valence-electron chi connectivity index (χ0n) is 11.3. The van der Waals surface area contributed by atoms with E-state index in [1.807, 2.05) is 33.8 Å². The van der Waals surface area contributed by atoms with Gasteiger partial charge in [-0.05, 0) is 39.6 Å². The van der Waals surface area contributed by atoms with Gasteiger partial charge in [-0.2, -0.15) is 0 Å². The number of rotatable bonds is 2. The van der Waals surface area contributed by atoms with Crippen LogP contribution >= 0.6 is 0 Å². The lowest BCUT2D eigenvalue weighted by atomic mass is 9.74. The van der Waals surface area contributed by atoms with Crippen molar-refractivity contribution >= 4 is 13.1 Å². The molecule has 0 aromatic carbocycles. The van der Waals surface area contributed by atoms with Crippen molar-refractivity contribution in [1.29, 1.82) is 0 Å². The quantitative estimate of drug-likeness (QED) is 0.763. The third-order valence-corrected chi connectivity index (χ3v) is 3.97. The monoisotopic (exact) mass is 250 g/mol. The lowest BCUT2D eigenvalue weighted by Gasteiger charge is -2.32. The Morgan fingerprint density at radius 2 is 1.89 bits per heavy atom. The summed E-state index contributed by atoms with van der Waals surface area (Å²) in [6.45, 7) is 8.00. The van der Waals surface area contributed by atoms with Crippen LogP contribution in [0.5, 0.6) is 0 Å². The van der Waals surface area contributed by atoms with Gasteiger partial charge in [-0.15, -0.1) is 0 Å². The Kier molecular flexibility index (Phi) is 3.15. The molecule has 0 amide bonds. The molecule has 1 aliphatic heterocycles. The summed E-state index contributed by atoms with van der Waals surface area (Å²) >= 11 is 0. The normalized spacial score (nSPS) is 29.2. The van der Waals surface area contributed by atoms with Gasteiger partial charge in [-0.3, -0.25) is 4.79 Å². The molecule has 0 aromatic rings. The molecular weight excluding hydrogens is 231 g/mol. The smallest absolute Gasteiger partial charge is 0.481 e. The molecule has 4 nitrogen and oxygen atoms in total. The van der Waals surface area contributed by atoms with Gasteiger partial charge in [0, 0.05) is 0 Å². The molecule has 0 aromatic heterocycles. The molecule has 1 fully saturated rings. The lowest BCUT2D eigenvalue weighted by Crippen LogP contribution is -2.41. The van der Waals surface area contributed by atoms with Crippen molar-refractivity contribution in [3.8, 4) is 0 Å². The summed E-state index contributed by atoms with van der Waals surface area (Å²) in [7, 11) is -0.402. The van der Waals surface area contributed by atoms with Gasteiger partial charge in [0.05, 0.1) is 17.1 Å². The van der Waals surface area contributed by atoms with Gasteiger partial charge in [-0.25, -0.2) is 0 Å². The van der Waals surface area contributed by atoms with Gasteiger partial charge in [0.15, 0.2) is 0 Å². The molecule has 2 aliphatic rings. The number of hydrogen-bond acceptors (Lipinski definition) is 3. The Hall–Kier alpha value is -1.07. The minimum absolute atomic E-state index is 0.365. The highest BCUT2D eigenvalue weighted by atomic mass is 16.7. The topological polar surface area (TPSA) is 55.8 Å². The molecular formula is C13H19BO4. The maximum Gasteiger partial charge on any atom is 0.494 e. The van der Waals surface area contributed by atoms with Crippen molar-refractivity contribution in [2.75, 3.05) is 0 Å². The third-order valence-electron chi connectivity index (χ3n) is 3.97. The molecule has 1 heterocycles. The Morgan fingerprint density at radius 3 is 2.28 bits per heavy atom. The summed E-state index contributed by atoms with van der Waals surface area (Å²) in [6.07, 6.45) is 5.87.